The summed E-state index contributed by atoms with van der Waals surface area (Å²) < 4.78 is 0. The summed E-state index contributed by atoms with van der Waals surface area (Å²) in [6.45, 7) is 4.52. The second-order valence-electron chi connectivity index (χ2n) is 5.07. The van der Waals surface area contributed by atoms with Crippen LogP contribution in [0.25, 0.3) is 0 Å². The molecule has 60 valence electrons. The molecule has 0 spiro atoms. The highest BCUT2D eigenvalue weighted by Crippen LogP contribution is 2.76. The number of rotatable bonds is 0. The molecule has 4 fully saturated rings. The number of hydrogen-bond acceptors (Lipinski definition) is 1. The van der Waals surface area contributed by atoms with Crippen LogP contribution in [0.4, 0.5) is 0 Å². The standard InChI is InChI=1S/C10H14O/c1-9-4-3-7-6(8(9)11)5-10(7,9)2/h6-7H,3-5H2,1-2H3/t6-,7-,9+,10+/m1/s1. The van der Waals surface area contributed by atoms with Crippen molar-refractivity contribution >= 4 is 5.78 Å². The molecule has 0 saturated heterocycles. The van der Waals surface area contributed by atoms with Crippen molar-refractivity contribution in [2.45, 2.75) is 33.1 Å². The lowest BCUT2D eigenvalue weighted by molar-refractivity contribution is -0.128. The van der Waals surface area contributed by atoms with Crippen LogP contribution in [0.15, 0.2) is 0 Å². The first-order valence-corrected chi connectivity index (χ1v) is 4.64. The van der Waals surface area contributed by atoms with Crippen LogP contribution >= 0.6 is 0 Å². The van der Waals surface area contributed by atoms with E-state index in [4.69, 9.17) is 0 Å². The summed E-state index contributed by atoms with van der Waals surface area (Å²) in [7, 11) is 0. The summed E-state index contributed by atoms with van der Waals surface area (Å²) in [6.07, 6.45) is 3.69. The van der Waals surface area contributed by atoms with Crippen molar-refractivity contribution in [2.75, 3.05) is 0 Å². The van der Waals surface area contributed by atoms with Gasteiger partial charge in [0.2, 0.25) is 0 Å². The van der Waals surface area contributed by atoms with Crippen LogP contribution in [0.5, 0.6) is 0 Å². The van der Waals surface area contributed by atoms with E-state index in [1.807, 2.05) is 0 Å². The van der Waals surface area contributed by atoms with Crippen molar-refractivity contribution in [1.82, 2.24) is 0 Å². The van der Waals surface area contributed by atoms with E-state index in [9.17, 15) is 4.79 Å². The first-order valence-electron chi connectivity index (χ1n) is 4.64. The molecule has 4 saturated carbocycles. The van der Waals surface area contributed by atoms with E-state index < -0.39 is 0 Å². The molecule has 4 bridgehead atoms. The van der Waals surface area contributed by atoms with Gasteiger partial charge in [-0.2, -0.15) is 0 Å². The maximum atomic E-state index is 11.7. The van der Waals surface area contributed by atoms with E-state index in [1.54, 1.807) is 0 Å². The third-order valence-corrected chi connectivity index (χ3v) is 5.04. The molecule has 0 radical (unpaired) electrons. The van der Waals surface area contributed by atoms with E-state index in [-0.39, 0.29) is 5.41 Å². The molecule has 0 aromatic heterocycles. The molecule has 1 nitrogen and oxygen atoms in total. The van der Waals surface area contributed by atoms with Crippen LogP contribution < -0.4 is 0 Å². The Bertz CT molecular complexity index is 258. The topological polar surface area (TPSA) is 17.1 Å². The first-order chi connectivity index (χ1) is 5.09. The molecule has 0 heterocycles. The molecule has 4 rings (SSSR count). The minimum Gasteiger partial charge on any atom is -0.299 e. The van der Waals surface area contributed by atoms with Crippen LogP contribution in [-0.2, 0) is 4.79 Å². The highest BCUT2D eigenvalue weighted by atomic mass is 16.1. The van der Waals surface area contributed by atoms with Gasteiger partial charge in [0, 0.05) is 11.3 Å². The molecule has 4 atom stereocenters. The Hall–Kier alpha value is -0.330. The summed E-state index contributed by atoms with van der Waals surface area (Å²) in [4.78, 5) is 11.7. The molecular formula is C10H14O. The Labute approximate surface area is 67.2 Å². The quantitative estimate of drug-likeness (QED) is 0.516. The normalized spacial score (nSPS) is 65.1. The molecule has 0 aliphatic heterocycles. The fourth-order valence-corrected chi connectivity index (χ4v) is 4.01. The molecule has 0 aromatic rings. The van der Waals surface area contributed by atoms with E-state index in [1.165, 1.54) is 19.3 Å². The number of carbonyl (C=O) groups excluding carboxylic acids is 1. The lowest BCUT2D eigenvalue weighted by atomic mass is 9.60. The maximum Gasteiger partial charge on any atom is 0.142 e. The second-order valence-corrected chi connectivity index (χ2v) is 5.07. The minimum absolute atomic E-state index is 0.0995. The number of ketones is 1. The Morgan fingerprint density at radius 1 is 1.45 bits per heavy atom. The number of hydrogen-bond donors (Lipinski definition) is 0. The summed E-state index contributed by atoms with van der Waals surface area (Å²) in [5, 5.41) is 0. The van der Waals surface area contributed by atoms with Gasteiger partial charge in [0.25, 0.3) is 0 Å². The number of Topliss-reactive ketones (excluding diaryl/α,β-unsaturated/α-hetero) is 1. The summed E-state index contributed by atoms with van der Waals surface area (Å²) in [5.41, 5.74) is 0.525. The molecule has 11 heavy (non-hydrogen) atoms. The molecule has 4 aliphatic carbocycles. The van der Waals surface area contributed by atoms with Gasteiger partial charge in [0.1, 0.15) is 5.78 Å². The molecule has 0 N–H and O–H groups in total. The monoisotopic (exact) mass is 150 g/mol. The minimum atomic E-state index is 0.0995. The third kappa shape index (κ3) is 0.361. The van der Waals surface area contributed by atoms with Gasteiger partial charge in [-0.25, -0.2) is 0 Å². The van der Waals surface area contributed by atoms with Crippen molar-refractivity contribution < 1.29 is 4.79 Å². The summed E-state index contributed by atoms with van der Waals surface area (Å²) >= 11 is 0. The van der Waals surface area contributed by atoms with Crippen LogP contribution in [-0.4, -0.2) is 5.78 Å². The Kier molecular flexibility index (Phi) is 0.733. The highest BCUT2D eigenvalue weighted by molar-refractivity contribution is 5.94. The zero-order valence-electron chi connectivity index (χ0n) is 7.18. The lowest BCUT2D eigenvalue weighted by Crippen LogP contribution is -2.38. The molecule has 0 unspecified atom stereocenters. The number of carbonyl (C=O) groups is 1. The van der Waals surface area contributed by atoms with Gasteiger partial charge in [0.05, 0.1) is 0 Å². The average Bonchev–Trinajstić information content (AvgIpc) is 2.27. The van der Waals surface area contributed by atoms with Crippen molar-refractivity contribution in [2.24, 2.45) is 22.7 Å². The summed E-state index contributed by atoms with van der Waals surface area (Å²) in [5.74, 6) is 1.86. The van der Waals surface area contributed by atoms with Crippen LogP contribution in [0.3, 0.4) is 0 Å². The highest BCUT2D eigenvalue weighted by Gasteiger charge is 2.75. The Morgan fingerprint density at radius 3 is 2.55 bits per heavy atom. The van der Waals surface area contributed by atoms with Crippen molar-refractivity contribution in [3.63, 3.8) is 0 Å². The third-order valence-electron chi connectivity index (χ3n) is 5.04. The predicted octanol–water partition coefficient (Wildman–Crippen LogP) is 2.01. The molecule has 0 aromatic carbocycles. The fourth-order valence-electron chi connectivity index (χ4n) is 4.01. The maximum absolute atomic E-state index is 11.7. The van der Waals surface area contributed by atoms with Crippen LogP contribution in [0.1, 0.15) is 33.1 Å². The predicted molar refractivity (Wildman–Crippen MR) is 42.1 cm³/mol. The molecule has 1 heteroatoms. The van der Waals surface area contributed by atoms with Gasteiger partial charge in [0.15, 0.2) is 0 Å². The largest absolute Gasteiger partial charge is 0.299 e. The van der Waals surface area contributed by atoms with Gasteiger partial charge < -0.3 is 0 Å². The van der Waals surface area contributed by atoms with Gasteiger partial charge in [-0.3, -0.25) is 4.79 Å². The first kappa shape index (κ1) is 6.22. The second kappa shape index (κ2) is 1.30. The SMILES string of the molecule is C[C@@]12CC[C@@H]3[C@@H](C[C@@]31C)C2=O. The van der Waals surface area contributed by atoms with E-state index in [0.29, 0.717) is 17.1 Å². The Balaban J connectivity index is 2.22. The fraction of sp³-hybridized carbons (Fsp3) is 0.900. The van der Waals surface area contributed by atoms with Crippen molar-refractivity contribution in [3.8, 4) is 0 Å². The molecule has 4 aliphatic rings. The zero-order chi connectivity index (χ0) is 7.85. The van der Waals surface area contributed by atoms with Gasteiger partial charge in [-0.05, 0) is 30.6 Å². The van der Waals surface area contributed by atoms with Gasteiger partial charge >= 0.3 is 0 Å². The average molecular weight is 150 g/mol. The van der Waals surface area contributed by atoms with Gasteiger partial charge in [-0.1, -0.05) is 13.8 Å². The van der Waals surface area contributed by atoms with Gasteiger partial charge in [-0.15, -0.1) is 0 Å². The molecular weight excluding hydrogens is 136 g/mol. The molecule has 0 amide bonds. The lowest BCUT2D eigenvalue weighted by Gasteiger charge is -2.43. The van der Waals surface area contributed by atoms with E-state index >= 15 is 0 Å². The Morgan fingerprint density at radius 2 is 2.18 bits per heavy atom. The van der Waals surface area contributed by atoms with E-state index in [2.05, 4.69) is 13.8 Å². The van der Waals surface area contributed by atoms with Crippen molar-refractivity contribution in [3.05, 3.63) is 0 Å². The summed E-state index contributed by atoms with van der Waals surface area (Å²) in [6, 6.07) is 0. The zero-order valence-corrected chi connectivity index (χ0v) is 7.18. The van der Waals surface area contributed by atoms with Crippen LogP contribution in [0, 0.1) is 22.7 Å². The van der Waals surface area contributed by atoms with Crippen LogP contribution in [0.2, 0.25) is 0 Å². The van der Waals surface area contributed by atoms with E-state index in [0.717, 1.165) is 5.92 Å². The van der Waals surface area contributed by atoms with Crippen molar-refractivity contribution in [1.29, 1.82) is 0 Å². The smallest absolute Gasteiger partial charge is 0.142 e.